The summed E-state index contributed by atoms with van der Waals surface area (Å²) in [5, 5.41) is 5.42. The van der Waals surface area contributed by atoms with Crippen LogP contribution >= 0.6 is 0 Å². The molecule has 0 unspecified atom stereocenters. The number of likely N-dealkylation sites (tertiary alicyclic amines) is 2. The Bertz CT molecular complexity index is 1860. The number of anilines is 1. The van der Waals surface area contributed by atoms with Crippen LogP contribution in [0.3, 0.4) is 0 Å². The fourth-order valence-electron chi connectivity index (χ4n) is 9.39. The van der Waals surface area contributed by atoms with Crippen LogP contribution < -0.4 is 15.5 Å². The van der Waals surface area contributed by atoms with Crippen LogP contribution in [0, 0.1) is 17.7 Å². The first-order valence-corrected chi connectivity index (χ1v) is 21.1. The third kappa shape index (κ3) is 9.05. The number of methoxy groups -OCH3 is 1. The predicted molar refractivity (Wildman–Crippen MR) is 210 cm³/mol. The van der Waals surface area contributed by atoms with Crippen LogP contribution in [-0.4, -0.2) is 138 Å². The van der Waals surface area contributed by atoms with E-state index in [0.29, 0.717) is 32.5 Å². The van der Waals surface area contributed by atoms with E-state index < -0.39 is 32.3 Å². The van der Waals surface area contributed by atoms with Crippen molar-refractivity contribution in [3.63, 3.8) is 0 Å². The minimum Gasteiger partial charge on any atom is -0.453 e. The summed E-state index contributed by atoms with van der Waals surface area (Å²) in [7, 11) is 1.50. The number of halogens is 2. The fourth-order valence-corrected chi connectivity index (χ4v) is 11.0. The second-order valence-corrected chi connectivity index (χ2v) is 18.6. The molecular weight excluding hydrogens is 743 g/mol. The van der Waals surface area contributed by atoms with Gasteiger partial charge in [0, 0.05) is 62.9 Å². The number of hydrogen-bond acceptors (Lipinski definition) is 9. The zero-order valence-electron chi connectivity index (χ0n) is 32.9. The number of hydrogen-bond donors (Lipinski definition) is 2. The molecule has 3 saturated heterocycles. The highest BCUT2D eigenvalue weighted by Gasteiger charge is 2.53. The maximum Gasteiger partial charge on any atom is 0.407 e. The van der Waals surface area contributed by atoms with Crippen molar-refractivity contribution in [1.29, 1.82) is 0 Å². The maximum absolute atomic E-state index is 16.2. The number of nitrogens with zero attached hydrogens (tertiary/aromatic N) is 4. The van der Waals surface area contributed by atoms with E-state index in [2.05, 4.69) is 15.5 Å². The fraction of sp³-hybridized carbons (Fsp3) is 0.585. The van der Waals surface area contributed by atoms with E-state index in [1.165, 1.54) is 31.1 Å². The molecule has 12 nitrogen and oxygen atoms in total. The molecule has 56 heavy (non-hydrogen) atoms. The molecule has 4 fully saturated rings. The molecule has 3 heterocycles. The number of carbonyl (C=O) groups excluding carboxylic acids is 3. The van der Waals surface area contributed by atoms with Crippen molar-refractivity contribution in [3.8, 4) is 0 Å². The minimum atomic E-state index is -3.62. The summed E-state index contributed by atoms with van der Waals surface area (Å²) in [6.45, 7) is 4.53. The number of benzene rings is 2. The average molecular weight is 799 g/mol. The highest BCUT2D eigenvalue weighted by Crippen LogP contribution is 2.50. The summed E-state index contributed by atoms with van der Waals surface area (Å²) in [6.07, 6.45) is 6.52. The molecule has 3 aliphatic heterocycles. The third-order valence-corrected chi connectivity index (χ3v) is 14.4. The third-order valence-electron chi connectivity index (χ3n) is 12.3. The summed E-state index contributed by atoms with van der Waals surface area (Å²) < 4.78 is 62.6. The van der Waals surface area contributed by atoms with Crippen LogP contribution in [0.15, 0.2) is 65.6 Å². The molecule has 2 aromatic carbocycles. The number of piperidine rings is 1. The lowest BCUT2D eigenvalue weighted by Crippen LogP contribution is -2.65. The molecule has 2 N–H and O–H groups in total. The second-order valence-electron chi connectivity index (χ2n) is 16.4. The van der Waals surface area contributed by atoms with Crippen molar-refractivity contribution in [1.82, 2.24) is 25.3 Å². The van der Waals surface area contributed by atoms with E-state index in [9.17, 15) is 27.2 Å². The van der Waals surface area contributed by atoms with Gasteiger partial charge in [0.25, 0.3) is 0 Å². The SMILES string of the molecule is COC(=O)N[C@H]1CCC[C@@H]1[C@](CNC(C)=O)(c1cccc(F)c1)C1CCN(CC2(F)CN(c3ccc(S(=O)(=O)C4CN(C(=O)/C=C/CN(C)C)C4)cc3)C2)CC1. The number of alkyl halides is 1. The highest BCUT2D eigenvalue weighted by atomic mass is 32.2. The second kappa shape index (κ2) is 17.2. The maximum atomic E-state index is 16.2. The van der Waals surface area contributed by atoms with E-state index in [1.807, 2.05) is 30.0 Å². The zero-order chi connectivity index (χ0) is 40.3. The Morgan fingerprint density at radius 2 is 1.73 bits per heavy atom. The number of rotatable bonds is 14. The summed E-state index contributed by atoms with van der Waals surface area (Å²) in [5.41, 5.74) is -0.591. The van der Waals surface area contributed by atoms with Gasteiger partial charge in [0.05, 0.1) is 25.1 Å². The molecule has 0 aromatic heterocycles. The van der Waals surface area contributed by atoms with E-state index in [0.717, 1.165) is 30.5 Å². The highest BCUT2D eigenvalue weighted by molar-refractivity contribution is 7.92. The van der Waals surface area contributed by atoms with Crippen LogP contribution in [-0.2, 0) is 29.6 Å². The summed E-state index contributed by atoms with van der Waals surface area (Å²) in [6, 6.07) is 12.9. The lowest BCUT2D eigenvalue weighted by Gasteiger charge is -2.52. The smallest absolute Gasteiger partial charge is 0.407 e. The van der Waals surface area contributed by atoms with Gasteiger partial charge in [0.2, 0.25) is 11.8 Å². The lowest BCUT2D eigenvalue weighted by molar-refractivity contribution is -0.129. The molecule has 4 aliphatic rings. The quantitative estimate of drug-likeness (QED) is 0.275. The van der Waals surface area contributed by atoms with Crippen molar-refractivity contribution in [2.75, 3.05) is 85.0 Å². The van der Waals surface area contributed by atoms with Crippen molar-refractivity contribution < 1.29 is 36.3 Å². The number of carbonyl (C=O) groups is 3. The molecule has 6 rings (SSSR count). The van der Waals surface area contributed by atoms with Gasteiger partial charge in [-0.1, -0.05) is 24.6 Å². The summed E-state index contributed by atoms with van der Waals surface area (Å²) in [4.78, 5) is 44.8. The Kier molecular flexibility index (Phi) is 12.8. The Labute approximate surface area is 329 Å². The van der Waals surface area contributed by atoms with Gasteiger partial charge in [-0.05, 0) is 107 Å². The normalized spacial score (nSPS) is 23.1. The van der Waals surface area contributed by atoms with E-state index in [1.54, 1.807) is 42.5 Å². The minimum absolute atomic E-state index is 0.0223. The molecule has 3 atom stereocenters. The number of ether oxygens (including phenoxy) is 1. The standard InChI is InChI=1S/C41H56F2N6O6S/c1-29(50)44-25-41(31-8-5-9-32(42)22-31,36-10-6-11-37(36)45-39(52)55-4)30-17-20-47(21-18-30)26-40(43)27-49(28-40)33-13-15-34(16-14-33)56(53,54)35-23-48(24-35)38(51)12-7-19-46(2)3/h5,7-9,12-16,22,30,35-37H,6,10-11,17-21,23-28H2,1-4H3,(H,44,50)(H,45,52)/b12-7+/t36-,37-,41-/m0/s1. The Balaban J connectivity index is 1.07. The number of nitrogens with one attached hydrogen (secondary N) is 2. The first-order valence-electron chi connectivity index (χ1n) is 19.6. The molecule has 0 spiro atoms. The van der Waals surface area contributed by atoms with Gasteiger partial charge in [-0.2, -0.15) is 0 Å². The van der Waals surface area contributed by atoms with Gasteiger partial charge in [-0.3, -0.25) is 14.5 Å². The van der Waals surface area contributed by atoms with E-state index in [4.69, 9.17) is 4.74 Å². The van der Waals surface area contributed by atoms with Crippen molar-refractivity contribution in [3.05, 3.63) is 72.1 Å². The molecular formula is C41H56F2N6O6S. The van der Waals surface area contributed by atoms with Gasteiger partial charge >= 0.3 is 6.09 Å². The number of amides is 3. The van der Waals surface area contributed by atoms with Gasteiger partial charge in [-0.25, -0.2) is 22.0 Å². The van der Waals surface area contributed by atoms with Gasteiger partial charge in [0.15, 0.2) is 15.5 Å². The molecule has 0 bridgehead atoms. The molecule has 1 aliphatic carbocycles. The molecule has 0 radical (unpaired) electrons. The van der Waals surface area contributed by atoms with Gasteiger partial charge in [-0.15, -0.1) is 0 Å². The predicted octanol–water partition coefficient (Wildman–Crippen LogP) is 3.77. The molecule has 2 aromatic rings. The van der Waals surface area contributed by atoms with E-state index >= 15 is 4.39 Å². The van der Waals surface area contributed by atoms with Crippen molar-refractivity contribution in [2.45, 2.75) is 66.3 Å². The van der Waals surface area contributed by atoms with Crippen LogP contribution in [0.5, 0.6) is 0 Å². The van der Waals surface area contributed by atoms with Gasteiger partial charge in [0.1, 0.15) is 11.1 Å². The van der Waals surface area contributed by atoms with Crippen molar-refractivity contribution >= 4 is 33.4 Å². The summed E-state index contributed by atoms with van der Waals surface area (Å²) in [5.74, 6) is -0.818. The monoisotopic (exact) mass is 798 g/mol. The molecule has 306 valence electrons. The van der Waals surface area contributed by atoms with Crippen molar-refractivity contribution in [2.24, 2.45) is 11.8 Å². The lowest BCUT2D eigenvalue weighted by atomic mass is 9.58. The summed E-state index contributed by atoms with van der Waals surface area (Å²) >= 11 is 0. The van der Waals surface area contributed by atoms with Gasteiger partial charge < -0.3 is 30.1 Å². The van der Waals surface area contributed by atoms with Crippen LogP contribution in [0.4, 0.5) is 19.3 Å². The average Bonchev–Trinajstić information content (AvgIpc) is 3.58. The zero-order valence-corrected chi connectivity index (χ0v) is 33.7. The molecule has 15 heteroatoms. The Hall–Kier alpha value is -4.08. The Morgan fingerprint density at radius 1 is 1.04 bits per heavy atom. The Morgan fingerprint density at radius 3 is 2.36 bits per heavy atom. The van der Waals surface area contributed by atoms with Crippen LogP contribution in [0.1, 0.15) is 44.6 Å². The largest absolute Gasteiger partial charge is 0.453 e. The number of sulfone groups is 1. The number of likely N-dealkylation sites (N-methyl/N-ethyl adjacent to an activating group) is 1. The topological polar surface area (TPSA) is 132 Å². The first-order chi connectivity index (χ1) is 26.6. The van der Waals surface area contributed by atoms with E-state index in [-0.39, 0.29) is 79.7 Å². The van der Waals surface area contributed by atoms with Crippen LogP contribution in [0.25, 0.3) is 0 Å². The van der Waals surface area contributed by atoms with Crippen LogP contribution in [0.2, 0.25) is 0 Å². The first kappa shape index (κ1) is 41.6. The number of alkyl carbamates (subject to hydrolysis) is 1. The molecule has 3 amide bonds. The molecule has 1 saturated carbocycles.